The molecule has 0 aliphatic heterocycles. The van der Waals surface area contributed by atoms with E-state index < -0.39 is 30.0 Å². The lowest BCUT2D eigenvalue weighted by atomic mass is 10.1. The Labute approximate surface area is 154 Å². The highest BCUT2D eigenvalue weighted by Crippen LogP contribution is 2.09. The van der Waals surface area contributed by atoms with Crippen molar-refractivity contribution in [2.75, 3.05) is 6.61 Å². The zero-order chi connectivity index (χ0) is 20.0. The van der Waals surface area contributed by atoms with Crippen molar-refractivity contribution in [3.05, 3.63) is 70.8 Å². The van der Waals surface area contributed by atoms with E-state index >= 15 is 0 Å². The van der Waals surface area contributed by atoms with Crippen LogP contribution in [0.4, 0.5) is 0 Å². The summed E-state index contributed by atoms with van der Waals surface area (Å²) in [7, 11) is 0. The topological polar surface area (TPSA) is 127 Å². The second-order valence-corrected chi connectivity index (χ2v) is 5.58. The Morgan fingerprint density at radius 2 is 1.11 bits per heavy atom. The number of rotatable bonds is 7. The monoisotopic (exact) mass is 372 g/mol. The van der Waals surface area contributed by atoms with Gasteiger partial charge in [0, 0.05) is 0 Å². The third kappa shape index (κ3) is 5.40. The van der Waals surface area contributed by atoms with Gasteiger partial charge in [-0.15, -0.1) is 0 Å². The van der Waals surface area contributed by atoms with Crippen molar-refractivity contribution in [2.24, 2.45) is 0 Å². The maximum absolute atomic E-state index is 12.0. The quantitative estimate of drug-likeness (QED) is 0.710. The lowest BCUT2D eigenvalue weighted by molar-refractivity contribution is 0.00447. The van der Waals surface area contributed by atoms with Gasteiger partial charge in [-0.1, -0.05) is 0 Å². The zero-order valence-electron chi connectivity index (χ0n) is 14.2. The van der Waals surface area contributed by atoms with Crippen LogP contribution >= 0.6 is 0 Å². The molecule has 8 heteroatoms. The normalized spacial score (nSPS) is 11.3. The van der Waals surface area contributed by atoms with E-state index in [2.05, 4.69) is 0 Å². The molecule has 2 aromatic carbocycles. The molecular formula is C19H16O8. The average molecular weight is 372 g/mol. The summed E-state index contributed by atoms with van der Waals surface area (Å²) in [5.41, 5.74) is 0.426. The SMILES string of the molecule is CC(COC(=O)c1ccc(C(=O)O)cc1)OC(=O)c1ccc(C(=O)O)cc1. The number of carbonyl (C=O) groups is 4. The van der Waals surface area contributed by atoms with Crippen LogP contribution in [-0.4, -0.2) is 46.8 Å². The highest BCUT2D eigenvalue weighted by atomic mass is 16.6. The average Bonchev–Trinajstić information content (AvgIpc) is 2.66. The largest absolute Gasteiger partial charge is 0.478 e. The van der Waals surface area contributed by atoms with Crippen LogP contribution in [0.15, 0.2) is 48.5 Å². The van der Waals surface area contributed by atoms with Crippen molar-refractivity contribution in [3.63, 3.8) is 0 Å². The Bertz CT molecular complexity index is 852. The molecule has 0 spiro atoms. The molecule has 2 rings (SSSR count). The number of hydrogen-bond donors (Lipinski definition) is 2. The molecule has 27 heavy (non-hydrogen) atoms. The third-order valence-electron chi connectivity index (χ3n) is 3.49. The number of ether oxygens (including phenoxy) is 2. The van der Waals surface area contributed by atoms with E-state index in [-0.39, 0.29) is 28.9 Å². The molecular weight excluding hydrogens is 356 g/mol. The highest BCUT2D eigenvalue weighted by Gasteiger charge is 2.16. The molecule has 0 bridgehead atoms. The Hall–Kier alpha value is -3.68. The van der Waals surface area contributed by atoms with E-state index in [0.29, 0.717) is 0 Å². The van der Waals surface area contributed by atoms with Crippen molar-refractivity contribution >= 4 is 23.9 Å². The molecule has 0 radical (unpaired) electrons. The number of aromatic carboxylic acids is 2. The first kappa shape index (κ1) is 19.6. The number of carboxylic acid groups (broad SMARTS) is 2. The summed E-state index contributed by atoms with van der Waals surface area (Å²) in [6, 6.07) is 10.4. The standard InChI is InChI=1S/C19H16O8/c1-11(27-19(25)15-8-4-13(5-9-15)17(22)23)10-26-18(24)14-6-2-12(3-7-14)16(20)21/h2-9,11H,10H2,1H3,(H,20,21)(H,22,23). The summed E-state index contributed by atoms with van der Waals surface area (Å²) in [5, 5.41) is 17.6. The fourth-order valence-corrected chi connectivity index (χ4v) is 2.06. The van der Waals surface area contributed by atoms with E-state index in [1.165, 1.54) is 55.5 Å². The van der Waals surface area contributed by atoms with Gasteiger partial charge in [0.15, 0.2) is 0 Å². The van der Waals surface area contributed by atoms with Gasteiger partial charge in [0.25, 0.3) is 0 Å². The van der Waals surface area contributed by atoms with Crippen molar-refractivity contribution in [1.29, 1.82) is 0 Å². The minimum atomic E-state index is -1.11. The maximum atomic E-state index is 12.0. The summed E-state index contributed by atoms with van der Waals surface area (Å²) in [6.45, 7) is 1.34. The van der Waals surface area contributed by atoms with Gasteiger partial charge in [0.05, 0.1) is 22.3 Å². The first-order chi connectivity index (χ1) is 12.8. The van der Waals surface area contributed by atoms with Gasteiger partial charge in [-0.3, -0.25) is 0 Å². The molecule has 1 atom stereocenters. The van der Waals surface area contributed by atoms with Crippen molar-refractivity contribution in [3.8, 4) is 0 Å². The van der Waals surface area contributed by atoms with Crippen LogP contribution in [0.3, 0.4) is 0 Å². The lowest BCUT2D eigenvalue weighted by Gasteiger charge is -2.14. The molecule has 0 fully saturated rings. The van der Waals surface area contributed by atoms with Gasteiger partial charge in [0.1, 0.15) is 12.7 Å². The number of carboxylic acids is 2. The van der Waals surface area contributed by atoms with Crippen LogP contribution in [0, 0.1) is 0 Å². The third-order valence-corrected chi connectivity index (χ3v) is 3.49. The van der Waals surface area contributed by atoms with Crippen LogP contribution in [0.5, 0.6) is 0 Å². The molecule has 140 valence electrons. The first-order valence-electron chi connectivity index (χ1n) is 7.82. The van der Waals surface area contributed by atoms with E-state index in [1.807, 2.05) is 0 Å². The van der Waals surface area contributed by atoms with E-state index in [9.17, 15) is 19.2 Å². The molecule has 0 saturated carbocycles. The molecule has 0 amide bonds. The molecule has 0 saturated heterocycles. The number of carbonyl (C=O) groups excluding carboxylic acids is 2. The van der Waals surface area contributed by atoms with E-state index in [4.69, 9.17) is 19.7 Å². The minimum absolute atomic E-state index is 0.0439. The Kier molecular flexibility index (Phi) is 6.27. The fraction of sp³-hybridized carbons (Fsp3) is 0.158. The Morgan fingerprint density at radius 1 is 0.741 bits per heavy atom. The van der Waals surface area contributed by atoms with Crippen molar-refractivity contribution in [1.82, 2.24) is 0 Å². The fourth-order valence-electron chi connectivity index (χ4n) is 2.06. The summed E-state index contributed by atoms with van der Waals surface area (Å²) >= 11 is 0. The smallest absolute Gasteiger partial charge is 0.338 e. The molecule has 0 heterocycles. The minimum Gasteiger partial charge on any atom is -0.478 e. The Balaban J connectivity index is 1.86. The van der Waals surface area contributed by atoms with Gasteiger partial charge >= 0.3 is 23.9 Å². The highest BCUT2D eigenvalue weighted by molar-refractivity contribution is 5.93. The van der Waals surface area contributed by atoms with Gasteiger partial charge < -0.3 is 19.7 Å². The second kappa shape index (κ2) is 8.61. The summed E-state index contributed by atoms with van der Waals surface area (Å²) in [6.07, 6.45) is -0.737. The first-order valence-corrected chi connectivity index (χ1v) is 7.82. The summed E-state index contributed by atoms with van der Waals surface area (Å²) < 4.78 is 10.2. The molecule has 0 aliphatic carbocycles. The van der Waals surface area contributed by atoms with Crippen LogP contribution in [0.1, 0.15) is 48.4 Å². The van der Waals surface area contributed by atoms with E-state index in [0.717, 1.165) is 0 Å². The van der Waals surface area contributed by atoms with Crippen molar-refractivity contribution < 1.29 is 38.9 Å². The Morgan fingerprint density at radius 3 is 1.52 bits per heavy atom. The zero-order valence-corrected chi connectivity index (χ0v) is 14.2. The second-order valence-electron chi connectivity index (χ2n) is 5.58. The molecule has 2 N–H and O–H groups in total. The summed E-state index contributed by atoms with van der Waals surface area (Å²) in [5.74, 6) is -3.57. The van der Waals surface area contributed by atoms with Crippen molar-refractivity contribution in [2.45, 2.75) is 13.0 Å². The van der Waals surface area contributed by atoms with Gasteiger partial charge in [-0.2, -0.15) is 0 Å². The molecule has 2 aromatic rings. The van der Waals surface area contributed by atoms with Crippen LogP contribution in [-0.2, 0) is 9.47 Å². The van der Waals surface area contributed by atoms with E-state index in [1.54, 1.807) is 0 Å². The number of benzene rings is 2. The predicted molar refractivity (Wildman–Crippen MR) is 92.0 cm³/mol. The van der Waals surface area contributed by atoms with Crippen LogP contribution < -0.4 is 0 Å². The number of hydrogen-bond acceptors (Lipinski definition) is 6. The molecule has 1 unspecified atom stereocenters. The summed E-state index contributed by atoms with van der Waals surface area (Å²) in [4.78, 5) is 45.5. The molecule has 0 aromatic heterocycles. The molecule has 0 aliphatic rings. The van der Waals surface area contributed by atoms with Crippen LogP contribution in [0.25, 0.3) is 0 Å². The van der Waals surface area contributed by atoms with Gasteiger partial charge in [-0.05, 0) is 55.5 Å². The van der Waals surface area contributed by atoms with Gasteiger partial charge in [0.2, 0.25) is 0 Å². The molecule has 8 nitrogen and oxygen atoms in total. The number of esters is 2. The maximum Gasteiger partial charge on any atom is 0.338 e. The van der Waals surface area contributed by atoms with Crippen LogP contribution in [0.2, 0.25) is 0 Å². The van der Waals surface area contributed by atoms with Gasteiger partial charge in [-0.25, -0.2) is 19.2 Å². The lowest BCUT2D eigenvalue weighted by Crippen LogP contribution is -2.22. The predicted octanol–water partition coefficient (Wildman–Crippen LogP) is 2.49.